The molecule has 0 bridgehead atoms. The lowest BCUT2D eigenvalue weighted by Crippen LogP contribution is -2.52. The van der Waals surface area contributed by atoms with E-state index in [0.717, 1.165) is 36.2 Å². The zero-order chi connectivity index (χ0) is 38.2. The molecule has 3 aliphatic rings. The summed E-state index contributed by atoms with van der Waals surface area (Å²) >= 11 is 0. The van der Waals surface area contributed by atoms with Gasteiger partial charge in [0.2, 0.25) is 6.79 Å². The highest BCUT2D eigenvalue weighted by Gasteiger charge is 2.57. The zero-order valence-electron chi connectivity index (χ0n) is 32.3. The summed E-state index contributed by atoms with van der Waals surface area (Å²) in [5.41, 5.74) is 10.9. The van der Waals surface area contributed by atoms with Crippen molar-refractivity contribution in [2.45, 2.75) is 136 Å². The Morgan fingerprint density at radius 2 is 1.77 bits per heavy atom. The van der Waals surface area contributed by atoms with Gasteiger partial charge in [0, 0.05) is 38.9 Å². The van der Waals surface area contributed by atoms with E-state index in [-0.39, 0.29) is 30.5 Å². The summed E-state index contributed by atoms with van der Waals surface area (Å²) in [5, 5.41) is 0. The third kappa shape index (κ3) is 8.80. The third-order valence-electron chi connectivity index (χ3n) is 10.2. The number of aromatic nitrogens is 6. The first-order valence-electron chi connectivity index (χ1n) is 18.4. The summed E-state index contributed by atoms with van der Waals surface area (Å²) < 4.78 is 30.0. The van der Waals surface area contributed by atoms with E-state index in [0.29, 0.717) is 35.0 Å². The lowest BCUT2D eigenvalue weighted by molar-refractivity contribution is -0.199. The average Bonchev–Trinajstić information content (AvgIpc) is 3.80. The highest BCUT2D eigenvalue weighted by atomic mass is 16.8. The first kappa shape index (κ1) is 38.5. The van der Waals surface area contributed by atoms with Crippen LogP contribution >= 0.6 is 0 Å². The Kier molecular flexibility index (Phi) is 11.1. The molecule has 0 radical (unpaired) electrons. The molecule has 1 saturated carbocycles. The molecule has 53 heavy (non-hydrogen) atoms. The molecule has 1 aliphatic carbocycles. The van der Waals surface area contributed by atoms with Crippen molar-refractivity contribution in [3.8, 4) is 0 Å². The fourth-order valence-electron chi connectivity index (χ4n) is 7.47. The molecule has 2 unspecified atom stereocenters. The van der Waals surface area contributed by atoms with Crippen LogP contribution in [0.3, 0.4) is 0 Å². The van der Waals surface area contributed by atoms with Gasteiger partial charge in [-0.1, -0.05) is 26.8 Å². The SMILES string of the molecule is CC(=O)OCOC(C)=O.CC(C)N(CC1O[C@@H](n2cnc3c(N)ncnc32)C2OC(C)(C)O[C@H]12)C1CC(CCc2nc3ccc(C(C)(C)C)cc3[nH]2)C1. The van der Waals surface area contributed by atoms with Gasteiger partial charge in [-0.3, -0.25) is 19.1 Å². The van der Waals surface area contributed by atoms with Crippen molar-refractivity contribution in [1.82, 2.24) is 34.4 Å². The van der Waals surface area contributed by atoms with Gasteiger partial charge in [0.25, 0.3) is 0 Å². The average molecular weight is 735 g/mol. The molecule has 3 N–H and O–H groups in total. The van der Waals surface area contributed by atoms with Crippen molar-refractivity contribution in [2.75, 3.05) is 19.1 Å². The van der Waals surface area contributed by atoms with Crippen molar-refractivity contribution in [3.63, 3.8) is 0 Å². The fourth-order valence-corrected chi connectivity index (χ4v) is 7.47. The molecule has 2 saturated heterocycles. The van der Waals surface area contributed by atoms with Crippen LogP contribution in [0, 0.1) is 5.92 Å². The summed E-state index contributed by atoms with van der Waals surface area (Å²) in [6.07, 6.45) is 6.61. The molecular formula is C38H54N8O7. The molecule has 2 aliphatic heterocycles. The Labute approximate surface area is 310 Å². The number of carbonyl (C=O) groups excluding carboxylic acids is 2. The molecule has 1 aromatic carbocycles. The Morgan fingerprint density at radius 3 is 2.43 bits per heavy atom. The highest BCUT2D eigenvalue weighted by Crippen LogP contribution is 2.45. The minimum atomic E-state index is -0.699. The number of ether oxygens (including phenoxy) is 5. The van der Waals surface area contributed by atoms with E-state index in [9.17, 15) is 9.59 Å². The quantitative estimate of drug-likeness (QED) is 0.161. The number of nitrogens with two attached hydrogens (primary N) is 1. The van der Waals surface area contributed by atoms with Crippen LogP contribution in [-0.2, 0) is 45.1 Å². The molecule has 7 rings (SSSR count). The molecule has 15 nitrogen and oxygen atoms in total. The molecule has 15 heteroatoms. The van der Waals surface area contributed by atoms with E-state index in [2.05, 4.69) is 87.1 Å². The number of hydrogen-bond acceptors (Lipinski definition) is 13. The highest BCUT2D eigenvalue weighted by molar-refractivity contribution is 5.81. The number of benzene rings is 1. The first-order valence-corrected chi connectivity index (χ1v) is 18.4. The van der Waals surface area contributed by atoms with Crippen LogP contribution in [0.15, 0.2) is 30.9 Å². The second-order valence-electron chi connectivity index (χ2n) is 16.1. The standard InChI is InChI=1S/C33H46N8O3.C5H8O4/c1-18(2)40(21-12-19(13-21)8-11-25-38-22-10-9-20(32(3,4)5)14-23(22)39-25)15-24-27-28(44-33(6,7)43-27)31(42-24)41-17-37-26-29(34)35-16-36-30(26)41;1-4(6)8-3-9-5(2)7/h9-10,14,16-19,21,24,27-28,31H,8,11-13,15H2,1-7H3,(H,38,39)(H2,34,35,36);3H2,1-2H3/t19?,21?,24?,27-,28?,31-;/m1./s1. The summed E-state index contributed by atoms with van der Waals surface area (Å²) in [6.45, 7) is 18.2. The predicted octanol–water partition coefficient (Wildman–Crippen LogP) is 5.19. The first-order chi connectivity index (χ1) is 25.0. The van der Waals surface area contributed by atoms with Gasteiger partial charge in [0.05, 0.1) is 17.4 Å². The number of rotatable bonds is 10. The number of aryl methyl sites for hydroxylation is 1. The molecule has 4 aromatic rings. The van der Waals surface area contributed by atoms with Crippen molar-refractivity contribution < 1.29 is 33.3 Å². The second kappa shape index (κ2) is 15.3. The van der Waals surface area contributed by atoms with E-state index in [1.165, 1.54) is 38.6 Å². The predicted molar refractivity (Wildman–Crippen MR) is 197 cm³/mol. The fraction of sp³-hybridized carbons (Fsp3) is 0.632. The summed E-state index contributed by atoms with van der Waals surface area (Å²) in [6, 6.07) is 7.50. The monoisotopic (exact) mass is 734 g/mol. The molecule has 3 fully saturated rings. The van der Waals surface area contributed by atoms with Gasteiger partial charge in [-0.2, -0.15) is 0 Å². The van der Waals surface area contributed by atoms with Crippen molar-refractivity contribution >= 4 is 40.0 Å². The number of hydrogen-bond donors (Lipinski definition) is 2. The van der Waals surface area contributed by atoms with Gasteiger partial charge < -0.3 is 34.4 Å². The molecule has 3 aromatic heterocycles. The van der Waals surface area contributed by atoms with Crippen LogP contribution in [0.5, 0.6) is 0 Å². The Balaban J connectivity index is 0.000000475. The maximum Gasteiger partial charge on any atom is 0.305 e. The Bertz CT molecular complexity index is 1900. The number of anilines is 1. The van der Waals surface area contributed by atoms with Crippen LogP contribution in [0.1, 0.15) is 99.2 Å². The molecular weight excluding hydrogens is 680 g/mol. The minimum absolute atomic E-state index is 0.124. The molecule has 4 atom stereocenters. The topological polar surface area (TPSA) is 182 Å². The zero-order valence-corrected chi connectivity index (χ0v) is 32.3. The minimum Gasteiger partial charge on any atom is -0.428 e. The van der Waals surface area contributed by atoms with E-state index >= 15 is 0 Å². The van der Waals surface area contributed by atoms with Crippen molar-refractivity contribution in [1.29, 1.82) is 0 Å². The number of carbonyl (C=O) groups is 2. The number of esters is 2. The van der Waals surface area contributed by atoms with Crippen LogP contribution in [0.4, 0.5) is 5.82 Å². The number of imidazole rings is 2. The number of fused-ring (bicyclic) bond motifs is 3. The van der Waals surface area contributed by atoms with Crippen LogP contribution < -0.4 is 5.73 Å². The Morgan fingerprint density at radius 1 is 1.08 bits per heavy atom. The lowest BCUT2D eigenvalue weighted by atomic mass is 9.76. The summed E-state index contributed by atoms with van der Waals surface area (Å²) in [5.74, 6) is 0.510. The van der Waals surface area contributed by atoms with Crippen molar-refractivity contribution in [2.24, 2.45) is 5.92 Å². The van der Waals surface area contributed by atoms with Crippen LogP contribution in [-0.4, -0.2) is 95.8 Å². The second-order valence-corrected chi connectivity index (χ2v) is 16.1. The summed E-state index contributed by atoms with van der Waals surface area (Å²) in [7, 11) is 0. The van der Waals surface area contributed by atoms with E-state index in [1.54, 1.807) is 6.33 Å². The van der Waals surface area contributed by atoms with Gasteiger partial charge >= 0.3 is 11.9 Å². The summed E-state index contributed by atoms with van der Waals surface area (Å²) in [4.78, 5) is 44.1. The Hall–Kier alpha value is -4.18. The maximum absolute atomic E-state index is 10.0. The molecule has 5 heterocycles. The number of aromatic amines is 1. The van der Waals surface area contributed by atoms with Crippen LogP contribution in [0.2, 0.25) is 0 Å². The number of nitrogens with zero attached hydrogens (tertiary/aromatic N) is 6. The van der Waals surface area contributed by atoms with E-state index in [1.807, 2.05) is 18.4 Å². The van der Waals surface area contributed by atoms with Crippen molar-refractivity contribution in [3.05, 3.63) is 42.2 Å². The van der Waals surface area contributed by atoms with Gasteiger partial charge in [-0.25, -0.2) is 19.9 Å². The molecule has 288 valence electrons. The maximum atomic E-state index is 10.0. The number of H-pyrrole nitrogens is 1. The lowest BCUT2D eigenvalue weighted by Gasteiger charge is -2.46. The third-order valence-corrected chi connectivity index (χ3v) is 10.2. The van der Waals surface area contributed by atoms with Gasteiger partial charge in [0.15, 0.2) is 23.5 Å². The van der Waals surface area contributed by atoms with E-state index in [4.69, 9.17) is 24.9 Å². The molecule has 0 spiro atoms. The van der Waals surface area contributed by atoms with Gasteiger partial charge in [-0.05, 0) is 76.0 Å². The van der Waals surface area contributed by atoms with E-state index < -0.39 is 24.0 Å². The smallest absolute Gasteiger partial charge is 0.305 e. The normalized spacial score (nSPS) is 25.0. The van der Waals surface area contributed by atoms with Gasteiger partial charge in [0.1, 0.15) is 36.0 Å². The van der Waals surface area contributed by atoms with Gasteiger partial charge in [-0.15, -0.1) is 0 Å². The van der Waals surface area contributed by atoms with Crippen LogP contribution in [0.25, 0.3) is 22.2 Å². The number of nitrogen functional groups attached to an aromatic ring is 1. The number of nitrogens with one attached hydrogen (secondary N) is 1. The largest absolute Gasteiger partial charge is 0.428 e. The molecule has 0 amide bonds.